The van der Waals surface area contributed by atoms with Gasteiger partial charge in [-0.3, -0.25) is 14.3 Å². The highest BCUT2D eigenvalue weighted by molar-refractivity contribution is 9.10. The van der Waals surface area contributed by atoms with E-state index >= 15 is 0 Å². The number of hydrogen-bond donors (Lipinski definition) is 2. The van der Waals surface area contributed by atoms with Crippen LogP contribution in [0.5, 0.6) is 0 Å². The van der Waals surface area contributed by atoms with Crippen LogP contribution in [0.4, 0.5) is 24.7 Å². The number of nitrogens with zero attached hydrogens (tertiary/aromatic N) is 4. The fourth-order valence-corrected chi connectivity index (χ4v) is 5.20. The first-order chi connectivity index (χ1) is 17.5. The van der Waals surface area contributed by atoms with Crippen molar-refractivity contribution in [1.82, 2.24) is 19.1 Å². The minimum Gasteiger partial charge on any atom is -0.452 e. The van der Waals surface area contributed by atoms with Gasteiger partial charge in [-0.2, -0.15) is 18.3 Å². The molecule has 4 heterocycles. The molecule has 1 amide bonds. The summed E-state index contributed by atoms with van der Waals surface area (Å²) in [5.41, 5.74) is 0.247. The van der Waals surface area contributed by atoms with Crippen molar-refractivity contribution in [2.75, 3.05) is 10.6 Å². The Bertz CT molecular complexity index is 1550. The van der Waals surface area contributed by atoms with E-state index in [4.69, 9.17) is 4.42 Å². The first-order valence-electron chi connectivity index (χ1n) is 11.0. The standard InChI is InChI=1S/C23H19Br2F3N6O3/c1-11-18(22(36)34(32(11)2)12-6-4-3-5-7-12)30-21(35)19-17(25)20-29-13(14-8-9-16(24)37-14)10-15(23(26,27)28)33(20)31-19/h3-9,13,15,29H,10H2,1-2H3,(H,30,35). The Morgan fingerprint density at radius 2 is 1.89 bits per heavy atom. The van der Waals surface area contributed by atoms with Crippen molar-refractivity contribution in [1.29, 1.82) is 0 Å². The van der Waals surface area contributed by atoms with Gasteiger partial charge in [0.15, 0.2) is 16.4 Å². The lowest BCUT2D eigenvalue weighted by molar-refractivity contribution is -0.174. The largest absolute Gasteiger partial charge is 0.452 e. The Morgan fingerprint density at radius 3 is 2.51 bits per heavy atom. The Balaban J connectivity index is 1.51. The molecule has 4 aromatic rings. The van der Waals surface area contributed by atoms with Gasteiger partial charge in [-0.05, 0) is 63.0 Å². The van der Waals surface area contributed by atoms with Crippen molar-refractivity contribution in [2.24, 2.45) is 7.05 Å². The predicted octanol–water partition coefficient (Wildman–Crippen LogP) is 5.71. The fourth-order valence-electron chi connectivity index (χ4n) is 4.32. The molecule has 0 saturated heterocycles. The molecule has 0 bridgehead atoms. The van der Waals surface area contributed by atoms with Gasteiger partial charge in [0.25, 0.3) is 11.5 Å². The number of hydrogen-bond acceptors (Lipinski definition) is 5. The first kappa shape index (κ1) is 25.4. The fraction of sp³-hybridized carbons (Fsp3) is 0.261. The minimum absolute atomic E-state index is 0.00660. The molecule has 3 aromatic heterocycles. The van der Waals surface area contributed by atoms with Gasteiger partial charge in [-0.15, -0.1) is 0 Å². The summed E-state index contributed by atoms with van der Waals surface area (Å²) < 4.78 is 51.7. The number of aromatic nitrogens is 4. The number of benzene rings is 1. The number of furan rings is 1. The number of amides is 1. The monoisotopic (exact) mass is 642 g/mol. The van der Waals surface area contributed by atoms with Crippen LogP contribution in [0.2, 0.25) is 0 Å². The average molecular weight is 644 g/mol. The molecule has 0 saturated carbocycles. The highest BCUT2D eigenvalue weighted by Crippen LogP contribution is 2.46. The molecule has 0 spiro atoms. The Kier molecular flexibility index (Phi) is 6.34. The number of fused-ring (bicyclic) bond motifs is 1. The maximum atomic E-state index is 14.0. The number of alkyl halides is 3. The van der Waals surface area contributed by atoms with Crippen LogP contribution in [0.15, 0.2) is 60.8 Å². The summed E-state index contributed by atoms with van der Waals surface area (Å²) in [7, 11) is 1.66. The van der Waals surface area contributed by atoms with Gasteiger partial charge >= 0.3 is 6.18 Å². The van der Waals surface area contributed by atoms with Gasteiger partial charge in [0.1, 0.15) is 17.3 Å². The van der Waals surface area contributed by atoms with E-state index in [0.29, 0.717) is 21.8 Å². The predicted molar refractivity (Wildman–Crippen MR) is 136 cm³/mol. The maximum absolute atomic E-state index is 14.0. The minimum atomic E-state index is -4.64. The van der Waals surface area contributed by atoms with Gasteiger partial charge in [-0.1, -0.05) is 18.2 Å². The van der Waals surface area contributed by atoms with E-state index in [1.54, 1.807) is 55.1 Å². The van der Waals surface area contributed by atoms with Crippen molar-refractivity contribution in [2.45, 2.75) is 31.6 Å². The Labute approximate surface area is 224 Å². The molecule has 1 aliphatic heterocycles. The quantitative estimate of drug-likeness (QED) is 0.297. The third-order valence-corrected chi connectivity index (χ3v) is 7.42. The zero-order chi connectivity index (χ0) is 26.6. The van der Waals surface area contributed by atoms with Crippen molar-refractivity contribution in [3.63, 3.8) is 0 Å². The number of carbonyl (C=O) groups excluding carboxylic acids is 1. The zero-order valence-electron chi connectivity index (χ0n) is 19.3. The lowest BCUT2D eigenvalue weighted by Crippen LogP contribution is -2.35. The van der Waals surface area contributed by atoms with E-state index in [2.05, 4.69) is 47.6 Å². The van der Waals surface area contributed by atoms with Crippen LogP contribution in [0.25, 0.3) is 5.69 Å². The van der Waals surface area contributed by atoms with Gasteiger partial charge in [-0.25, -0.2) is 9.36 Å². The molecule has 9 nitrogen and oxygen atoms in total. The van der Waals surface area contributed by atoms with E-state index in [-0.39, 0.29) is 21.7 Å². The number of rotatable bonds is 4. The Hall–Kier alpha value is -3.26. The van der Waals surface area contributed by atoms with Crippen LogP contribution in [-0.2, 0) is 7.05 Å². The summed E-state index contributed by atoms with van der Waals surface area (Å²) in [5, 5.41) is 9.52. The number of nitrogens with one attached hydrogen (secondary N) is 2. The van der Waals surface area contributed by atoms with Crippen LogP contribution in [0.1, 0.15) is 40.4 Å². The zero-order valence-corrected chi connectivity index (χ0v) is 22.5. The van der Waals surface area contributed by atoms with E-state index in [0.717, 1.165) is 4.68 Å². The number of halogens is 5. The van der Waals surface area contributed by atoms with Crippen LogP contribution in [0, 0.1) is 6.92 Å². The van der Waals surface area contributed by atoms with Gasteiger partial charge < -0.3 is 15.1 Å². The molecule has 0 fully saturated rings. The SMILES string of the molecule is Cc1c(NC(=O)c2nn3c(c2Br)NC(c2ccc(Br)o2)CC3C(F)(F)F)c(=O)n(-c2ccccc2)n1C. The number of para-hydroxylation sites is 1. The number of anilines is 2. The third-order valence-electron chi connectivity index (χ3n) is 6.24. The van der Waals surface area contributed by atoms with Gasteiger partial charge in [0.2, 0.25) is 0 Å². The summed E-state index contributed by atoms with van der Waals surface area (Å²) in [6, 6.07) is 9.16. The van der Waals surface area contributed by atoms with E-state index < -0.39 is 36.1 Å². The normalized spacial score (nSPS) is 17.4. The molecule has 0 radical (unpaired) electrons. The molecule has 14 heteroatoms. The summed E-state index contributed by atoms with van der Waals surface area (Å²) in [6.07, 6.45) is -5.04. The van der Waals surface area contributed by atoms with Crippen LogP contribution >= 0.6 is 31.9 Å². The second-order valence-electron chi connectivity index (χ2n) is 8.48. The van der Waals surface area contributed by atoms with Crippen molar-refractivity contribution < 1.29 is 22.4 Å². The highest BCUT2D eigenvalue weighted by Gasteiger charge is 2.48. The first-order valence-corrected chi connectivity index (χ1v) is 12.6. The number of carbonyl (C=O) groups is 1. The smallest absolute Gasteiger partial charge is 0.410 e. The van der Waals surface area contributed by atoms with Crippen LogP contribution in [-0.4, -0.2) is 31.2 Å². The molecule has 0 aliphatic carbocycles. The molecule has 1 aromatic carbocycles. The van der Waals surface area contributed by atoms with E-state index in [1.165, 1.54) is 4.68 Å². The van der Waals surface area contributed by atoms with Crippen LogP contribution in [0.3, 0.4) is 0 Å². The molecule has 2 N–H and O–H groups in total. The third kappa shape index (κ3) is 4.41. The second kappa shape index (κ2) is 9.24. The van der Waals surface area contributed by atoms with Gasteiger partial charge in [0.05, 0.1) is 21.9 Å². The maximum Gasteiger partial charge on any atom is 0.410 e. The van der Waals surface area contributed by atoms with E-state index in [9.17, 15) is 22.8 Å². The molecule has 2 unspecified atom stereocenters. The Morgan fingerprint density at radius 1 is 1.19 bits per heavy atom. The molecular formula is C23H19Br2F3N6O3. The lowest BCUT2D eigenvalue weighted by atomic mass is 10.0. The van der Waals surface area contributed by atoms with Crippen molar-refractivity contribution >= 4 is 49.3 Å². The topological polar surface area (TPSA) is 99.0 Å². The second-order valence-corrected chi connectivity index (χ2v) is 10.1. The van der Waals surface area contributed by atoms with Crippen molar-refractivity contribution in [3.05, 3.63) is 79.1 Å². The molecule has 1 aliphatic rings. The molecule has 2 atom stereocenters. The summed E-state index contributed by atoms with van der Waals surface area (Å²) in [5.74, 6) is -0.560. The molecule has 5 rings (SSSR count). The summed E-state index contributed by atoms with van der Waals surface area (Å²) >= 11 is 6.40. The molecule has 194 valence electrons. The van der Waals surface area contributed by atoms with Gasteiger partial charge in [0, 0.05) is 13.5 Å². The van der Waals surface area contributed by atoms with Crippen LogP contribution < -0.4 is 16.2 Å². The van der Waals surface area contributed by atoms with E-state index in [1.807, 2.05) is 6.07 Å². The molecule has 37 heavy (non-hydrogen) atoms. The highest BCUT2D eigenvalue weighted by atomic mass is 79.9. The summed E-state index contributed by atoms with van der Waals surface area (Å²) in [4.78, 5) is 26.4. The average Bonchev–Trinajstić information content (AvgIpc) is 3.49. The summed E-state index contributed by atoms with van der Waals surface area (Å²) in [6.45, 7) is 1.65. The molecular weight excluding hydrogens is 625 g/mol. The lowest BCUT2D eigenvalue weighted by Gasteiger charge is -2.32. The van der Waals surface area contributed by atoms with Crippen molar-refractivity contribution in [3.8, 4) is 5.69 Å².